The first-order valence-electron chi connectivity index (χ1n) is 10.5. The maximum absolute atomic E-state index is 13.7. The highest BCUT2D eigenvalue weighted by Gasteiger charge is 2.34. The van der Waals surface area contributed by atoms with E-state index in [2.05, 4.69) is 15.0 Å². The number of aryl methyl sites for hydroxylation is 1. The number of hydrogen-bond acceptors (Lipinski definition) is 6. The van der Waals surface area contributed by atoms with Gasteiger partial charge in [0.15, 0.2) is 0 Å². The second-order valence-electron chi connectivity index (χ2n) is 8.04. The van der Waals surface area contributed by atoms with Crippen LogP contribution in [-0.2, 0) is 12.6 Å². The van der Waals surface area contributed by atoms with E-state index < -0.39 is 5.60 Å². The number of hydrogen-bond donors (Lipinski definition) is 2. The van der Waals surface area contributed by atoms with Gasteiger partial charge in [0.1, 0.15) is 11.6 Å². The van der Waals surface area contributed by atoms with Crippen LogP contribution in [0.3, 0.4) is 0 Å². The Kier molecular flexibility index (Phi) is 6.05. The first-order valence-corrected chi connectivity index (χ1v) is 10.5. The summed E-state index contributed by atoms with van der Waals surface area (Å²) in [6.07, 6.45) is 7.87. The zero-order valence-corrected chi connectivity index (χ0v) is 18.2. The maximum Gasteiger partial charge on any atom is 0.129 e. The van der Waals surface area contributed by atoms with Crippen LogP contribution in [0.5, 0.6) is 0 Å². The van der Waals surface area contributed by atoms with Gasteiger partial charge in [0.25, 0.3) is 0 Å². The molecule has 0 saturated carbocycles. The number of aliphatic imine (C=N–C) groups is 1. The van der Waals surface area contributed by atoms with E-state index in [0.717, 1.165) is 16.9 Å². The van der Waals surface area contributed by atoms with Gasteiger partial charge in [-0.3, -0.25) is 9.67 Å². The summed E-state index contributed by atoms with van der Waals surface area (Å²) in [7, 11) is 3.56. The lowest BCUT2D eigenvalue weighted by Crippen LogP contribution is -2.43. The second kappa shape index (κ2) is 8.92. The Balaban J connectivity index is 1.66. The van der Waals surface area contributed by atoms with Gasteiger partial charge < -0.3 is 15.7 Å². The molecule has 3 aromatic rings. The minimum absolute atomic E-state index is 0.340. The fraction of sp³-hybridized carbons (Fsp3) is 0.292. The summed E-state index contributed by atoms with van der Waals surface area (Å²) >= 11 is 0. The van der Waals surface area contributed by atoms with Crippen molar-refractivity contribution in [1.29, 1.82) is 0 Å². The number of rotatable bonds is 5. The molecule has 2 aromatic heterocycles. The SMILES string of the molecule is CN=C/C(=C\N)c1cc(-c2cnn(C)c2)cc(N2CCC(O)(c3cccc(F)c3)CC2)n1. The quantitative estimate of drug-likeness (QED) is 0.602. The minimum atomic E-state index is -1.06. The molecule has 1 saturated heterocycles. The van der Waals surface area contributed by atoms with Gasteiger partial charge in [0.05, 0.1) is 17.5 Å². The van der Waals surface area contributed by atoms with Crippen molar-refractivity contribution in [3.63, 3.8) is 0 Å². The fourth-order valence-electron chi connectivity index (χ4n) is 4.07. The molecule has 1 fully saturated rings. The number of nitrogens with two attached hydrogens (primary N) is 1. The van der Waals surface area contributed by atoms with Gasteiger partial charge in [-0.1, -0.05) is 12.1 Å². The number of aromatic nitrogens is 3. The molecular formula is C24H27FN6O. The smallest absolute Gasteiger partial charge is 0.129 e. The number of anilines is 1. The summed E-state index contributed by atoms with van der Waals surface area (Å²) in [5, 5.41) is 15.4. The van der Waals surface area contributed by atoms with Gasteiger partial charge in [-0.15, -0.1) is 0 Å². The van der Waals surface area contributed by atoms with Gasteiger partial charge in [0, 0.05) is 56.9 Å². The van der Waals surface area contributed by atoms with Crippen LogP contribution >= 0.6 is 0 Å². The van der Waals surface area contributed by atoms with E-state index in [9.17, 15) is 9.50 Å². The third-order valence-corrected chi connectivity index (χ3v) is 5.87. The molecule has 8 heteroatoms. The van der Waals surface area contributed by atoms with E-state index in [1.165, 1.54) is 18.3 Å². The third kappa shape index (κ3) is 4.40. The van der Waals surface area contributed by atoms with Crippen molar-refractivity contribution in [2.45, 2.75) is 18.4 Å². The molecule has 0 aliphatic carbocycles. The van der Waals surface area contributed by atoms with Crippen molar-refractivity contribution in [3.05, 3.63) is 72.1 Å². The highest BCUT2D eigenvalue weighted by Crippen LogP contribution is 2.35. The second-order valence-corrected chi connectivity index (χ2v) is 8.04. The number of allylic oxidation sites excluding steroid dienone is 1. The lowest BCUT2D eigenvalue weighted by Gasteiger charge is -2.39. The Morgan fingerprint density at radius 3 is 2.62 bits per heavy atom. The van der Waals surface area contributed by atoms with E-state index in [0.29, 0.717) is 42.8 Å². The Morgan fingerprint density at radius 1 is 1.22 bits per heavy atom. The summed E-state index contributed by atoms with van der Waals surface area (Å²) in [5.41, 5.74) is 8.75. The van der Waals surface area contributed by atoms with E-state index in [4.69, 9.17) is 10.7 Å². The fourth-order valence-corrected chi connectivity index (χ4v) is 4.07. The molecule has 0 bridgehead atoms. The van der Waals surface area contributed by atoms with Crippen LogP contribution in [0.15, 0.2) is 60.0 Å². The molecule has 4 rings (SSSR count). The molecule has 0 atom stereocenters. The molecule has 1 aliphatic rings. The summed E-state index contributed by atoms with van der Waals surface area (Å²) in [5.74, 6) is 0.444. The van der Waals surface area contributed by atoms with E-state index in [1.54, 1.807) is 30.1 Å². The molecule has 3 heterocycles. The Labute approximate surface area is 186 Å². The monoisotopic (exact) mass is 434 g/mol. The van der Waals surface area contributed by atoms with Crippen LogP contribution in [0, 0.1) is 5.82 Å². The van der Waals surface area contributed by atoms with Crippen LogP contribution in [0.25, 0.3) is 16.7 Å². The Hall–Kier alpha value is -3.52. The molecule has 0 unspecified atom stereocenters. The summed E-state index contributed by atoms with van der Waals surface area (Å²) in [4.78, 5) is 11.0. The summed E-state index contributed by atoms with van der Waals surface area (Å²) < 4.78 is 15.4. The normalized spacial score (nSPS) is 16.6. The molecule has 0 amide bonds. The van der Waals surface area contributed by atoms with Crippen molar-refractivity contribution >= 4 is 17.6 Å². The molecule has 166 valence electrons. The molecule has 3 N–H and O–H groups in total. The van der Waals surface area contributed by atoms with Crippen LogP contribution in [-0.4, -0.2) is 46.2 Å². The van der Waals surface area contributed by atoms with Gasteiger partial charge in [-0.2, -0.15) is 5.10 Å². The highest BCUT2D eigenvalue weighted by atomic mass is 19.1. The van der Waals surface area contributed by atoms with Gasteiger partial charge in [-0.25, -0.2) is 9.37 Å². The molecule has 7 nitrogen and oxygen atoms in total. The first-order chi connectivity index (χ1) is 15.4. The van der Waals surface area contributed by atoms with Gasteiger partial charge >= 0.3 is 0 Å². The molecular weight excluding hydrogens is 407 g/mol. The average molecular weight is 435 g/mol. The van der Waals surface area contributed by atoms with Crippen LogP contribution in [0.2, 0.25) is 0 Å². The molecule has 0 spiro atoms. The lowest BCUT2D eigenvalue weighted by molar-refractivity contribution is 0.0114. The number of piperidine rings is 1. The summed E-state index contributed by atoms with van der Waals surface area (Å²) in [6.45, 7) is 1.17. The predicted octanol–water partition coefficient (Wildman–Crippen LogP) is 3.11. The zero-order valence-electron chi connectivity index (χ0n) is 18.2. The number of pyridine rings is 1. The maximum atomic E-state index is 13.7. The predicted molar refractivity (Wildman–Crippen MR) is 125 cm³/mol. The molecule has 32 heavy (non-hydrogen) atoms. The van der Waals surface area contributed by atoms with Crippen molar-refractivity contribution in [2.24, 2.45) is 17.8 Å². The Bertz CT molecular complexity index is 1160. The zero-order chi connectivity index (χ0) is 22.7. The van der Waals surface area contributed by atoms with Gasteiger partial charge in [-0.05, 0) is 48.2 Å². The largest absolute Gasteiger partial charge is 0.404 e. The van der Waals surface area contributed by atoms with E-state index >= 15 is 0 Å². The van der Waals surface area contributed by atoms with E-state index in [-0.39, 0.29) is 5.82 Å². The first kappa shape index (κ1) is 21.7. The Morgan fingerprint density at radius 2 is 2.00 bits per heavy atom. The lowest BCUT2D eigenvalue weighted by atomic mass is 9.84. The average Bonchev–Trinajstić information content (AvgIpc) is 3.24. The number of halogens is 1. The molecule has 1 aromatic carbocycles. The van der Waals surface area contributed by atoms with Crippen LogP contribution in [0.1, 0.15) is 24.1 Å². The van der Waals surface area contributed by atoms with Crippen molar-refractivity contribution in [1.82, 2.24) is 14.8 Å². The summed E-state index contributed by atoms with van der Waals surface area (Å²) in [6, 6.07) is 10.2. The van der Waals surface area contributed by atoms with Crippen LogP contribution < -0.4 is 10.6 Å². The van der Waals surface area contributed by atoms with Gasteiger partial charge in [0.2, 0.25) is 0 Å². The molecule has 0 radical (unpaired) electrons. The highest BCUT2D eigenvalue weighted by molar-refractivity contribution is 6.09. The standard InChI is InChI=1S/C24H27FN6O/c1-27-14-18(13-26)22-10-17(19-15-28-30(2)16-19)11-23(29-22)31-8-6-24(32,7-9-31)20-4-3-5-21(25)12-20/h3-5,10-16,32H,6-9,26H2,1-2H3/b18-13+,27-14?. The van der Waals surface area contributed by atoms with Crippen LogP contribution in [0.4, 0.5) is 10.2 Å². The third-order valence-electron chi connectivity index (χ3n) is 5.87. The number of benzene rings is 1. The topological polar surface area (TPSA) is 92.6 Å². The number of aliphatic hydroxyl groups is 1. The van der Waals surface area contributed by atoms with Crippen molar-refractivity contribution in [3.8, 4) is 11.1 Å². The minimum Gasteiger partial charge on any atom is -0.404 e. The van der Waals surface area contributed by atoms with E-state index in [1.807, 2.05) is 31.6 Å². The van der Waals surface area contributed by atoms with Crippen molar-refractivity contribution in [2.75, 3.05) is 25.0 Å². The molecule has 1 aliphatic heterocycles. The van der Waals surface area contributed by atoms with Crippen molar-refractivity contribution < 1.29 is 9.50 Å². The number of nitrogens with zero attached hydrogens (tertiary/aromatic N) is 5.